The van der Waals surface area contributed by atoms with Crippen LogP contribution in [-0.2, 0) is 9.53 Å². The number of carbonyl (C=O) groups excluding carboxylic acids is 1. The van der Waals surface area contributed by atoms with Crippen molar-refractivity contribution in [3.63, 3.8) is 0 Å². The summed E-state index contributed by atoms with van der Waals surface area (Å²) in [6.45, 7) is 4.13. The van der Waals surface area contributed by atoms with Crippen molar-refractivity contribution >= 4 is 5.97 Å². The predicted molar refractivity (Wildman–Crippen MR) is 60.7 cm³/mol. The van der Waals surface area contributed by atoms with Gasteiger partial charge in [-0.2, -0.15) is 0 Å². The van der Waals surface area contributed by atoms with Gasteiger partial charge in [-0.1, -0.05) is 13.3 Å². The minimum absolute atomic E-state index is 0.160. The molecule has 0 amide bonds. The Bertz CT molecular complexity index is 198. The van der Waals surface area contributed by atoms with Gasteiger partial charge in [0, 0.05) is 6.04 Å². The van der Waals surface area contributed by atoms with E-state index in [9.17, 15) is 4.79 Å². The highest BCUT2D eigenvalue weighted by molar-refractivity contribution is 5.75. The molecule has 0 aliphatic heterocycles. The molecule has 1 atom stereocenters. The van der Waals surface area contributed by atoms with Crippen molar-refractivity contribution in [1.82, 2.24) is 5.32 Å². The number of rotatable bonds is 4. The molecule has 0 aromatic rings. The molecule has 0 bridgehead atoms. The second-order valence-electron chi connectivity index (χ2n) is 4.54. The lowest BCUT2D eigenvalue weighted by atomic mass is 9.84. The van der Waals surface area contributed by atoms with Crippen LogP contribution in [-0.4, -0.2) is 25.2 Å². The smallest absolute Gasteiger partial charge is 0.322 e. The predicted octanol–water partition coefficient (Wildman–Crippen LogP) is 2.11. The van der Waals surface area contributed by atoms with Crippen LogP contribution in [0, 0.1) is 5.92 Å². The van der Waals surface area contributed by atoms with Crippen LogP contribution in [0.1, 0.15) is 46.0 Å². The first-order valence-electron chi connectivity index (χ1n) is 6.01. The van der Waals surface area contributed by atoms with E-state index in [2.05, 4.69) is 12.2 Å². The highest BCUT2D eigenvalue weighted by Gasteiger charge is 2.23. The van der Waals surface area contributed by atoms with E-state index in [0.29, 0.717) is 6.04 Å². The third kappa shape index (κ3) is 3.82. The summed E-state index contributed by atoms with van der Waals surface area (Å²) in [5, 5.41) is 3.34. The monoisotopic (exact) mass is 213 g/mol. The van der Waals surface area contributed by atoms with Crippen LogP contribution >= 0.6 is 0 Å². The molecule has 1 aliphatic rings. The van der Waals surface area contributed by atoms with E-state index in [0.717, 1.165) is 5.92 Å². The molecule has 3 nitrogen and oxygen atoms in total. The zero-order chi connectivity index (χ0) is 11.3. The van der Waals surface area contributed by atoms with Crippen LogP contribution in [0.5, 0.6) is 0 Å². The molecule has 1 saturated carbocycles. The van der Waals surface area contributed by atoms with E-state index < -0.39 is 0 Å². The Morgan fingerprint density at radius 1 is 1.40 bits per heavy atom. The molecule has 0 unspecified atom stereocenters. The fraction of sp³-hybridized carbons (Fsp3) is 0.917. The first-order valence-corrected chi connectivity index (χ1v) is 6.01. The van der Waals surface area contributed by atoms with Crippen molar-refractivity contribution in [2.75, 3.05) is 7.11 Å². The number of methoxy groups -OCH3 is 1. The van der Waals surface area contributed by atoms with E-state index in [1.165, 1.54) is 39.2 Å². The molecule has 0 radical (unpaired) electrons. The molecule has 0 heterocycles. The fourth-order valence-electron chi connectivity index (χ4n) is 2.34. The Labute approximate surface area is 92.6 Å². The van der Waals surface area contributed by atoms with Gasteiger partial charge in [0.05, 0.1) is 7.11 Å². The van der Waals surface area contributed by atoms with Gasteiger partial charge in [-0.25, -0.2) is 0 Å². The summed E-state index contributed by atoms with van der Waals surface area (Å²) >= 11 is 0. The van der Waals surface area contributed by atoms with Crippen molar-refractivity contribution in [2.45, 2.75) is 58.0 Å². The second kappa shape index (κ2) is 6.11. The van der Waals surface area contributed by atoms with Crippen LogP contribution < -0.4 is 5.32 Å². The zero-order valence-electron chi connectivity index (χ0n) is 10.1. The number of hydrogen-bond acceptors (Lipinski definition) is 3. The standard InChI is InChI=1S/C12H23NO2/c1-4-10-5-7-11(8-6-10)13-9(2)12(14)15-3/h9-11,13H,4-8H2,1-3H3/t9-,10?,11?/m0/s1. The lowest BCUT2D eigenvalue weighted by Gasteiger charge is -2.30. The average molecular weight is 213 g/mol. The summed E-state index contributed by atoms with van der Waals surface area (Å²) in [4.78, 5) is 11.2. The van der Waals surface area contributed by atoms with Crippen LogP contribution in [0.4, 0.5) is 0 Å². The second-order valence-corrected chi connectivity index (χ2v) is 4.54. The van der Waals surface area contributed by atoms with Crippen molar-refractivity contribution in [3.8, 4) is 0 Å². The van der Waals surface area contributed by atoms with Crippen molar-refractivity contribution in [3.05, 3.63) is 0 Å². The van der Waals surface area contributed by atoms with E-state index in [4.69, 9.17) is 4.74 Å². The number of esters is 1. The molecule has 1 rings (SSSR count). The van der Waals surface area contributed by atoms with Gasteiger partial charge in [0.1, 0.15) is 6.04 Å². The maximum Gasteiger partial charge on any atom is 0.322 e. The molecule has 15 heavy (non-hydrogen) atoms. The van der Waals surface area contributed by atoms with Gasteiger partial charge in [0.2, 0.25) is 0 Å². The quantitative estimate of drug-likeness (QED) is 0.727. The first-order chi connectivity index (χ1) is 7.17. The molecule has 1 fully saturated rings. The number of ether oxygens (including phenoxy) is 1. The fourth-order valence-corrected chi connectivity index (χ4v) is 2.34. The molecule has 3 heteroatoms. The Morgan fingerprint density at radius 3 is 2.47 bits per heavy atom. The van der Waals surface area contributed by atoms with Crippen LogP contribution in [0.15, 0.2) is 0 Å². The maximum absolute atomic E-state index is 11.2. The van der Waals surface area contributed by atoms with E-state index >= 15 is 0 Å². The average Bonchev–Trinajstić information content (AvgIpc) is 2.29. The summed E-state index contributed by atoms with van der Waals surface area (Å²) in [6, 6.07) is 0.333. The van der Waals surface area contributed by atoms with Gasteiger partial charge in [0.25, 0.3) is 0 Å². The lowest BCUT2D eigenvalue weighted by Crippen LogP contribution is -2.43. The van der Waals surface area contributed by atoms with E-state index in [-0.39, 0.29) is 12.0 Å². The molecule has 0 spiro atoms. The van der Waals surface area contributed by atoms with Crippen molar-refractivity contribution < 1.29 is 9.53 Å². The minimum atomic E-state index is -0.168. The normalized spacial score (nSPS) is 28.5. The van der Waals surface area contributed by atoms with Gasteiger partial charge < -0.3 is 10.1 Å². The number of carbonyl (C=O) groups is 1. The largest absolute Gasteiger partial charge is 0.468 e. The van der Waals surface area contributed by atoms with Crippen molar-refractivity contribution in [1.29, 1.82) is 0 Å². The third-order valence-electron chi connectivity index (χ3n) is 3.46. The van der Waals surface area contributed by atoms with E-state index in [1.54, 1.807) is 0 Å². The van der Waals surface area contributed by atoms with Crippen LogP contribution in [0.2, 0.25) is 0 Å². The Hall–Kier alpha value is -0.570. The molecule has 1 N–H and O–H groups in total. The molecule has 0 aromatic heterocycles. The number of nitrogens with one attached hydrogen (secondary N) is 1. The SMILES string of the molecule is CCC1CCC(N[C@@H](C)C(=O)OC)CC1. The van der Waals surface area contributed by atoms with Crippen LogP contribution in [0.25, 0.3) is 0 Å². The van der Waals surface area contributed by atoms with Gasteiger partial charge in [0.15, 0.2) is 0 Å². The highest BCUT2D eigenvalue weighted by atomic mass is 16.5. The summed E-state index contributed by atoms with van der Waals surface area (Å²) < 4.78 is 4.69. The van der Waals surface area contributed by atoms with Crippen molar-refractivity contribution in [2.24, 2.45) is 5.92 Å². The van der Waals surface area contributed by atoms with Gasteiger partial charge >= 0.3 is 5.97 Å². The molecule has 0 aromatic carbocycles. The van der Waals surface area contributed by atoms with Gasteiger partial charge in [-0.15, -0.1) is 0 Å². The molecule has 0 saturated heterocycles. The minimum Gasteiger partial charge on any atom is -0.468 e. The Balaban J connectivity index is 2.26. The Kier molecular flexibility index (Phi) is 5.09. The van der Waals surface area contributed by atoms with Gasteiger partial charge in [-0.3, -0.25) is 4.79 Å². The topological polar surface area (TPSA) is 38.3 Å². The molecular formula is C12H23NO2. The molecule has 88 valence electrons. The third-order valence-corrected chi connectivity index (χ3v) is 3.46. The van der Waals surface area contributed by atoms with E-state index in [1.807, 2.05) is 6.92 Å². The highest BCUT2D eigenvalue weighted by Crippen LogP contribution is 2.26. The first kappa shape index (κ1) is 12.5. The maximum atomic E-state index is 11.2. The lowest BCUT2D eigenvalue weighted by molar-refractivity contribution is -0.142. The molecular weight excluding hydrogens is 190 g/mol. The molecule has 1 aliphatic carbocycles. The summed E-state index contributed by atoms with van der Waals surface area (Å²) in [7, 11) is 1.44. The Morgan fingerprint density at radius 2 is 2.00 bits per heavy atom. The summed E-state index contributed by atoms with van der Waals surface area (Å²) in [6.07, 6.45) is 6.27. The number of hydrogen-bond donors (Lipinski definition) is 1. The zero-order valence-corrected chi connectivity index (χ0v) is 10.1. The van der Waals surface area contributed by atoms with Crippen LogP contribution in [0.3, 0.4) is 0 Å². The summed E-state index contributed by atoms with van der Waals surface area (Å²) in [5.41, 5.74) is 0. The van der Waals surface area contributed by atoms with Gasteiger partial charge in [-0.05, 0) is 38.5 Å². The summed E-state index contributed by atoms with van der Waals surface area (Å²) in [5.74, 6) is 0.740.